The van der Waals surface area contributed by atoms with Crippen LogP contribution in [0.5, 0.6) is 5.75 Å². The number of nitrogens with one attached hydrogen (secondary N) is 4. The molecule has 3 aromatic heterocycles. The lowest BCUT2D eigenvalue weighted by atomic mass is 10.2. The smallest absolute Gasteiger partial charge is 0.472 e. The van der Waals surface area contributed by atoms with Gasteiger partial charge in [-0.2, -0.15) is 9.13 Å². The van der Waals surface area contributed by atoms with Crippen molar-refractivity contribution < 1.29 is 61.3 Å². The fourth-order valence-corrected chi connectivity index (χ4v) is 16.7. The molecular weight excluding hydrogens is 1250 g/mol. The molecule has 478 valence electrons. The third-order valence-corrected chi connectivity index (χ3v) is 21.2. The molecule has 0 spiro atoms. The maximum Gasteiger partial charge on any atom is 0.472 e. The summed E-state index contributed by atoms with van der Waals surface area (Å²) in [5, 5.41) is 22.2. The second-order valence-corrected chi connectivity index (χ2v) is 28.1. The minimum Gasteiger partial charge on any atom is -0.497 e. The lowest BCUT2D eigenvalue weighted by molar-refractivity contribution is -0.648. The second-order valence-electron chi connectivity index (χ2n) is 22.3. The molecule has 6 N–H and O–H groups in total. The summed E-state index contributed by atoms with van der Waals surface area (Å²) in [5.41, 5.74) is 3.07. The van der Waals surface area contributed by atoms with Crippen molar-refractivity contribution in [3.63, 3.8) is 0 Å². The van der Waals surface area contributed by atoms with Gasteiger partial charge in [0.25, 0.3) is 10.6 Å². The van der Waals surface area contributed by atoms with Crippen LogP contribution in [-0.2, 0) is 64.6 Å². The van der Waals surface area contributed by atoms with Crippen LogP contribution in [0, 0.1) is 0 Å². The maximum atomic E-state index is 14.1. The van der Waals surface area contributed by atoms with Crippen LogP contribution < -0.4 is 50.9 Å². The number of phosphoric ester groups is 1. The predicted octanol–water partition coefficient (Wildman–Crippen LogP) is 6.19. The molecule has 0 bridgehead atoms. The molecule has 0 radical (unpaired) electrons. The number of ether oxygens (including phenoxy) is 3. The average molecular weight is 1330 g/mol. The summed E-state index contributed by atoms with van der Waals surface area (Å²) < 4.78 is 48.7. The number of aromatic nitrogens is 4. The Hall–Kier alpha value is -6.72. The SMILES string of the molecule is COc1ccc2c(c1)N(CC(=O)NCCN(CCNC(=O)/C=C/c1cn(C3CC(OP(=O)(O)OC(C)C)C(COC(C)C)O3)c(=O)[nH]c1=O)CCNC(=O)CN1/C(=C/c3sc4ccccc4[n+]3C)Sc3ccc(CO)cc31)C(Cc1sc3ccccc3[n+]1C)S2. The van der Waals surface area contributed by atoms with Crippen molar-refractivity contribution in [1.29, 1.82) is 0 Å². The highest BCUT2D eigenvalue weighted by molar-refractivity contribution is 8.04. The Labute approximate surface area is 537 Å². The third kappa shape index (κ3) is 16.3. The number of fused-ring (bicyclic) bond motifs is 4. The second kappa shape index (κ2) is 29.7. The number of aromatic amines is 1. The van der Waals surface area contributed by atoms with Gasteiger partial charge in [0.1, 0.15) is 54.2 Å². The van der Waals surface area contributed by atoms with Crippen LogP contribution in [-0.4, -0.2) is 138 Å². The maximum absolute atomic E-state index is 14.1. The van der Waals surface area contributed by atoms with Crippen LogP contribution in [0.2, 0.25) is 0 Å². The minimum absolute atomic E-state index is 0.00273. The number of methoxy groups -OCH3 is 1. The molecule has 10 rings (SSSR count). The Morgan fingerprint density at radius 3 is 2.21 bits per heavy atom. The van der Waals surface area contributed by atoms with Crippen molar-refractivity contribution in [3.05, 3.63) is 144 Å². The van der Waals surface area contributed by atoms with Crippen molar-refractivity contribution in [2.24, 2.45) is 14.1 Å². The summed E-state index contributed by atoms with van der Waals surface area (Å²) >= 11 is 6.67. The molecule has 3 amide bonds. The zero-order valence-corrected chi connectivity index (χ0v) is 55.2. The van der Waals surface area contributed by atoms with Gasteiger partial charge in [0, 0.05) is 86.0 Å². The van der Waals surface area contributed by atoms with Crippen LogP contribution in [0.3, 0.4) is 0 Å². The Bertz CT molecular complexity index is 4000. The van der Waals surface area contributed by atoms with E-state index in [1.807, 2.05) is 91.4 Å². The number of nitrogens with zero attached hydrogens (tertiary/aromatic N) is 6. The molecule has 7 aromatic rings. The van der Waals surface area contributed by atoms with Gasteiger partial charge in [-0.15, -0.1) is 0 Å². The first-order chi connectivity index (χ1) is 43.2. The van der Waals surface area contributed by atoms with Gasteiger partial charge in [-0.1, -0.05) is 76.5 Å². The number of hydrogen-bond acceptors (Lipinski definition) is 19. The van der Waals surface area contributed by atoms with E-state index < -0.39 is 49.5 Å². The van der Waals surface area contributed by atoms with E-state index in [-0.39, 0.29) is 81.2 Å². The van der Waals surface area contributed by atoms with Gasteiger partial charge >= 0.3 is 13.5 Å². The number of hydrogen-bond donors (Lipinski definition) is 6. The summed E-state index contributed by atoms with van der Waals surface area (Å²) in [5.74, 6) is -0.290. The Morgan fingerprint density at radius 1 is 0.856 bits per heavy atom. The third-order valence-electron chi connectivity index (χ3n) is 15.2. The number of anilines is 2. The Morgan fingerprint density at radius 2 is 1.53 bits per heavy atom. The predicted molar refractivity (Wildman–Crippen MR) is 350 cm³/mol. The van der Waals surface area contributed by atoms with Gasteiger partial charge in [-0.25, -0.2) is 9.36 Å². The summed E-state index contributed by atoms with van der Waals surface area (Å²) in [6, 6.07) is 28.1. The van der Waals surface area contributed by atoms with E-state index in [2.05, 4.69) is 72.4 Å². The molecule has 0 saturated carbocycles. The van der Waals surface area contributed by atoms with Crippen LogP contribution in [0.4, 0.5) is 11.4 Å². The number of aryl methyl sites for hydroxylation is 2. The van der Waals surface area contributed by atoms with E-state index in [0.29, 0.717) is 31.8 Å². The lowest BCUT2D eigenvalue weighted by Gasteiger charge is -2.26. The van der Waals surface area contributed by atoms with Crippen molar-refractivity contribution in [3.8, 4) is 5.75 Å². The number of aliphatic hydroxyl groups excluding tert-OH is 1. The molecule has 5 atom stereocenters. The fraction of sp³-hybridized carbons (Fsp3) is 0.403. The van der Waals surface area contributed by atoms with E-state index >= 15 is 0 Å². The number of carbonyl (C=O) groups is 3. The molecule has 3 aliphatic heterocycles. The number of carbonyl (C=O) groups excluding carboxylic acids is 3. The molecular formula is C62H75N10O13PS4+2. The zero-order chi connectivity index (χ0) is 63.8. The zero-order valence-electron chi connectivity index (χ0n) is 51.0. The first kappa shape index (κ1) is 66.2. The standard InChI is InChI=1S/C62H73N10O13PS4/c1-38(2)82-37-48-47(85-86(79,80)84-39(3)4)30-56(83-48)72-33-41(61(77)66-62(72)78)17-21-53(74)63-22-25-69(26-23-64-54(75)34-70-45-28-40(36-73)16-19-51(45)89-59(70)31-57-67(5)43-12-8-10-14-49(43)87-57)27-24-65-55(76)35-71-46-29-42(81-7)18-20-52(46)90-60(71)32-58-68(6)44-13-9-11-15-50(44)88-58/h8-21,28-29,31,33,38-39,47-48,56,60,73H,22-27,30,32,34-37H2,1-7H3,(H3-2,63,64,65,66,74,75,76,77,78,79,80)/p+2/b21-17+. The molecule has 4 aromatic carbocycles. The summed E-state index contributed by atoms with van der Waals surface area (Å²) in [7, 11) is 1.17. The van der Waals surface area contributed by atoms with Gasteiger partial charge in [-0.05, 0) is 75.7 Å². The molecule has 23 nitrogen and oxygen atoms in total. The lowest BCUT2D eigenvalue weighted by Crippen LogP contribution is -2.46. The minimum atomic E-state index is -4.54. The van der Waals surface area contributed by atoms with Gasteiger partial charge < -0.3 is 50.0 Å². The first-order valence-electron chi connectivity index (χ1n) is 29.5. The Balaban J connectivity index is 0.810. The van der Waals surface area contributed by atoms with Crippen molar-refractivity contribution >= 4 is 116 Å². The van der Waals surface area contributed by atoms with Gasteiger partial charge in [0.15, 0.2) is 0 Å². The highest BCUT2D eigenvalue weighted by Gasteiger charge is 2.43. The molecule has 5 unspecified atom stereocenters. The van der Waals surface area contributed by atoms with E-state index in [1.54, 1.807) is 67.2 Å². The van der Waals surface area contributed by atoms with Crippen molar-refractivity contribution in [2.45, 2.75) is 93.0 Å². The molecule has 1 saturated heterocycles. The van der Waals surface area contributed by atoms with Gasteiger partial charge in [-0.3, -0.25) is 42.7 Å². The summed E-state index contributed by atoms with van der Waals surface area (Å²) in [6.07, 6.45) is 2.58. The van der Waals surface area contributed by atoms with E-state index in [0.717, 1.165) is 63.1 Å². The number of thiazole rings is 2. The monoisotopic (exact) mass is 1330 g/mol. The molecule has 90 heavy (non-hydrogen) atoms. The normalized spacial score (nSPS) is 18.4. The topological polar surface area (TPSA) is 263 Å². The number of aliphatic hydroxyl groups is 1. The largest absolute Gasteiger partial charge is 0.497 e. The number of benzene rings is 4. The van der Waals surface area contributed by atoms with Crippen LogP contribution in [0.1, 0.15) is 61.5 Å². The Kier molecular flexibility index (Phi) is 21.9. The highest BCUT2D eigenvalue weighted by atomic mass is 32.2. The van der Waals surface area contributed by atoms with Crippen LogP contribution in [0.15, 0.2) is 122 Å². The molecule has 0 aliphatic carbocycles. The number of rotatable bonds is 28. The summed E-state index contributed by atoms with van der Waals surface area (Å²) in [4.78, 5) is 88.8. The van der Waals surface area contributed by atoms with E-state index in [1.165, 1.54) is 22.0 Å². The van der Waals surface area contributed by atoms with Crippen molar-refractivity contribution in [2.75, 3.05) is 75.9 Å². The molecule has 6 heterocycles. The fourth-order valence-electron chi connectivity index (χ4n) is 10.7. The van der Waals surface area contributed by atoms with Gasteiger partial charge in [0.05, 0.1) is 78.9 Å². The highest BCUT2D eigenvalue weighted by Crippen LogP contribution is 2.50. The molecule has 1 fully saturated rings. The number of thioether (sulfide) groups is 2. The average Bonchev–Trinajstić information content (AvgIpc) is 2.33. The first-order valence-corrected chi connectivity index (χ1v) is 34.4. The van der Waals surface area contributed by atoms with E-state index in [4.69, 9.17) is 23.3 Å². The quantitative estimate of drug-likeness (QED) is 0.0181. The summed E-state index contributed by atoms with van der Waals surface area (Å²) in [6.45, 7) is 8.28. The molecule has 28 heteroatoms. The number of para-hydroxylation sites is 2. The van der Waals surface area contributed by atoms with E-state index in [9.17, 15) is 38.5 Å². The molecule has 3 aliphatic rings. The number of phosphoric acid groups is 1. The van der Waals surface area contributed by atoms with Gasteiger partial charge in [0.2, 0.25) is 33.8 Å². The van der Waals surface area contributed by atoms with Crippen LogP contribution >= 0.6 is 54.0 Å². The van der Waals surface area contributed by atoms with Crippen LogP contribution in [0.25, 0.3) is 32.6 Å². The van der Waals surface area contributed by atoms with Crippen molar-refractivity contribution in [1.82, 2.24) is 30.4 Å². The number of amides is 3. The number of H-pyrrole nitrogens is 1.